The van der Waals surface area contributed by atoms with Crippen molar-refractivity contribution in [3.63, 3.8) is 0 Å². The van der Waals surface area contributed by atoms with Gasteiger partial charge in [-0.15, -0.1) is 0 Å². The fraction of sp³-hybridized carbons (Fsp3) is 0. The molecule has 1 rings (SSSR count). The molecule has 0 spiro atoms. The Balaban J connectivity index is 0.00000144. The molecule has 5 heteroatoms. The monoisotopic (exact) mass is 190 g/mol. The Morgan fingerprint density at radius 1 is 1.00 bits per heavy atom. The first-order valence-corrected chi connectivity index (χ1v) is 3.18. The molecule has 0 aliphatic carbocycles. The van der Waals surface area contributed by atoms with Crippen LogP contribution in [0, 0.1) is 0 Å². The molecular weight excluding hydrogens is 183 g/mol. The Morgan fingerprint density at radius 3 is 1.69 bits per heavy atom. The molecule has 0 aliphatic heterocycles. The molecule has 0 saturated heterocycles. The average molecular weight is 190 g/mol. The van der Waals surface area contributed by atoms with Crippen molar-refractivity contribution in [3.05, 3.63) is 35.4 Å². The van der Waals surface area contributed by atoms with Crippen molar-refractivity contribution in [1.82, 2.24) is 0 Å². The zero-order valence-corrected chi connectivity index (χ0v) is 6.02. The van der Waals surface area contributed by atoms with Crippen LogP contribution in [0.3, 0.4) is 0 Å². The molecular formula is C8H7NaO4. The van der Waals surface area contributed by atoms with Gasteiger partial charge < -0.3 is 10.2 Å². The molecule has 0 radical (unpaired) electrons. The van der Waals surface area contributed by atoms with Gasteiger partial charge in [0.05, 0.1) is 11.1 Å². The SMILES string of the molecule is O=C(O)c1cccc(C(=O)O)c1.[NaH]. The molecule has 1 aromatic carbocycles. The number of hydrogen-bond donors (Lipinski definition) is 2. The Labute approximate surface area is 96.5 Å². The predicted octanol–water partition coefficient (Wildman–Crippen LogP) is 0.434. The second-order valence-electron chi connectivity index (χ2n) is 2.19. The van der Waals surface area contributed by atoms with E-state index in [0.29, 0.717) is 0 Å². The van der Waals surface area contributed by atoms with Crippen molar-refractivity contribution in [2.24, 2.45) is 0 Å². The van der Waals surface area contributed by atoms with E-state index in [1.54, 1.807) is 0 Å². The maximum absolute atomic E-state index is 10.4. The third-order valence-electron chi connectivity index (χ3n) is 1.36. The standard InChI is InChI=1S/C8H6O4.Na.H/c9-7(10)5-2-1-3-6(4-5)8(11)12;;/h1-4H,(H,9,10)(H,11,12);;. The Kier molecular flexibility index (Phi) is 4.69. The van der Waals surface area contributed by atoms with Crippen LogP contribution in [0.1, 0.15) is 20.7 Å². The van der Waals surface area contributed by atoms with Crippen LogP contribution in [0.25, 0.3) is 0 Å². The van der Waals surface area contributed by atoms with Crippen molar-refractivity contribution in [2.75, 3.05) is 0 Å². The molecule has 1 aromatic rings. The van der Waals surface area contributed by atoms with Crippen molar-refractivity contribution < 1.29 is 19.8 Å². The van der Waals surface area contributed by atoms with Crippen molar-refractivity contribution in [2.45, 2.75) is 0 Å². The van der Waals surface area contributed by atoms with E-state index in [9.17, 15) is 9.59 Å². The van der Waals surface area contributed by atoms with Crippen LogP contribution in [-0.4, -0.2) is 51.7 Å². The first-order valence-electron chi connectivity index (χ1n) is 3.18. The number of carbonyl (C=O) groups is 2. The van der Waals surface area contributed by atoms with Crippen molar-refractivity contribution in [1.29, 1.82) is 0 Å². The maximum atomic E-state index is 10.4. The molecule has 0 atom stereocenters. The fourth-order valence-electron chi connectivity index (χ4n) is 0.785. The zero-order chi connectivity index (χ0) is 9.14. The molecule has 0 heterocycles. The summed E-state index contributed by atoms with van der Waals surface area (Å²) in [5.74, 6) is -2.25. The summed E-state index contributed by atoms with van der Waals surface area (Å²) in [6.07, 6.45) is 0. The quantitative estimate of drug-likeness (QED) is 0.663. The summed E-state index contributed by atoms with van der Waals surface area (Å²) in [5.41, 5.74) is -0.0372. The van der Waals surface area contributed by atoms with Gasteiger partial charge in [0.15, 0.2) is 0 Å². The second kappa shape index (κ2) is 5.01. The van der Waals surface area contributed by atoms with Crippen LogP contribution in [0.2, 0.25) is 0 Å². The molecule has 0 bridgehead atoms. The van der Waals surface area contributed by atoms with E-state index in [1.807, 2.05) is 0 Å². The van der Waals surface area contributed by atoms with E-state index in [-0.39, 0.29) is 40.7 Å². The molecule has 0 fully saturated rings. The van der Waals surface area contributed by atoms with Gasteiger partial charge in [-0.1, -0.05) is 6.07 Å². The minimum atomic E-state index is -1.13. The number of rotatable bonds is 2. The number of benzene rings is 1. The van der Waals surface area contributed by atoms with Gasteiger partial charge in [0.1, 0.15) is 0 Å². The van der Waals surface area contributed by atoms with E-state index >= 15 is 0 Å². The second-order valence-corrected chi connectivity index (χ2v) is 2.19. The van der Waals surface area contributed by atoms with E-state index < -0.39 is 11.9 Å². The molecule has 13 heavy (non-hydrogen) atoms. The average Bonchev–Trinajstić information content (AvgIpc) is 2.04. The topological polar surface area (TPSA) is 74.6 Å². The third-order valence-corrected chi connectivity index (χ3v) is 1.36. The number of carboxylic acid groups (broad SMARTS) is 2. The molecule has 0 aromatic heterocycles. The van der Waals surface area contributed by atoms with Gasteiger partial charge in [-0.25, -0.2) is 9.59 Å². The molecule has 0 amide bonds. The molecule has 0 saturated carbocycles. The Bertz CT molecular complexity index is 305. The van der Waals surface area contributed by atoms with Crippen LogP contribution < -0.4 is 0 Å². The van der Waals surface area contributed by atoms with Gasteiger partial charge >= 0.3 is 41.5 Å². The third kappa shape index (κ3) is 3.18. The summed E-state index contributed by atoms with van der Waals surface area (Å²) in [6.45, 7) is 0. The van der Waals surface area contributed by atoms with Gasteiger partial charge in [0, 0.05) is 0 Å². The summed E-state index contributed by atoms with van der Waals surface area (Å²) in [7, 11) is 0. The fourth-order valence-corrected chi connectivity index (χ4v) is 0.785. The Hall–Kier alpha value is -0.840. The van der Waals surface area contributed by atoms with Crippen molar-refractivity contribution >= 4 is 41.5 Å². The van der Waals surface area contributed by atoms with Gasteiger partial charge in [0.25, 0.3) is 0 Å². The first-order chi connectivity index (χ1) is 5.61. The minimum absolute atomic E-state index is 0. The van der Waals surface area contributed by atoms with E-state index in [4.69, 9.17) is 10.2 Å². The molecule has 0 aliphatic rings. The van der Waals surface area contributed by atoms with E-state index in [2.05, 4.69) is 0 Å². The van der Waals surface area contributed by atoms with Crippen molar-refractivity contribution in [3.8, 4) is 0 Å². The van der Waals surface area contributed by atoms with E-state index in [0.717, 1.165) is 6.07 Å². The first kappa shape index (κ1) is 12.2. The number of carboxylic acids is 2. The number of hydrogen-bond acceptors (Lipinski definition) is 2. The van der Waals surface area contributed by atoms with Gasteiger partial charge in [-0.3, -0.25) is 0 Å². The summed E-state index contributed by atoms with van der Waals surface area (Å²) in [5, 5.41) is 17.0. The van der Waals surface area contributed by atoms with Gasteiger partial charge in [-0.2, -0.15) is 0 Å². The summed E-state index contributed by atoms with van der Waals surface area (Å²) < 4.78 is 0. The van der Waals surface area contributed by atoms with Gasteiger partial charge in [0.2, 0.25) is 0 Å². The zero-order valence-electron chi connectivity index (χ0n) is 6.02. The van der Waals surface area contributed by atoms with Crippen LogP contribution in [0.4, 0.5) is 0 Å². The summed E-state index contributed by atoms with van der Waals surface area (Å²) >= 11 is 0. The van der Waals surface area contributed by atoms with E-state index in [1.165, 1.54) is 18.2 Å². The van der Waals surface area contributed by atoms with Crippen LogP contribution in [-0.2, 0) is 0 Å². The van der Waals surface area contributed by atoms with Crippen LogP contribution in [0.5, 0.6) is 0 Å². The summed E-state index contributed by atoms with van der Waals surface area (Å²) in [4.78, 5) is 20.8. The number of aromatic carboxylic acids is 2. The molecule has 64 valence electrons. The van der Waals surface area contributed by atoms with Crippen LogP contribution >= 0.6 is 0 Å². The summed E-state index contributed by atoms with van der Waals surface area (Å²) in [6, 6.07) is 5.20. The van der Waals surface area contributed by atoms with Crippen LogP contribution in [0.15, 0.2) is 24.3 Å². The van der Waals surface area contributed by atoms with Gasteiger partial charge in [-0.05, 0) is 18.2 Å². The molecule has 2 N–H and O–H groups in total. The molecule has 0 unspecified atom stereocenters. The normalized spacial score (nSPS) is 8.62. The molecule has 4 nitrogen and oxygen atoms in total. The predicted molar refractivity (Wildman–Crippen MR) is 47.5 cm³/mol. The Morgan fingerprint density at radius 2 is 1.38 bits per heavy atom.